The van der Waals surface area contributed by atoms with Crippen LogP contribution in [-0.2, 0) is 4.79 Å². The quantitative estimate of drug-likeness (QED) is 0.602. The van der Waals surface area contributed by atoms with Crippen LogP contribution >= 0.6 is 15.9 Å². The second kappa shape index (κ2) is 7.83. The molecule has 0 amide bonds. The van der Waals surface area contributed by atoms with E-state index in [0.29, 0.717) is 6.54 Å². The smallest absolute Gasteiger partial charge is 0.307 e. The molecule has 2 atom stereocenters. The lowest BCUT2D eigenvalue weighted by Gasteiger charge is -2.37. The molecule has 0 radical (unpaired) electrons. The first-order valence-corrected chi connectivity index (χ1v) is 10.1. The third-order valence-corrected chi connectivity index (χ3v) is 5.91. The standard InChI is InChI=1S/C23H22BrNO2/c24-21-9-3-7-18(14-21)22(25-12-4-8-20(15-25)23(26)27)19-11-10-16-5-1-2-6-17(16)13-19/h1-3,5-7,9-11,13-14,20,22H,4,8,12,15H2,(H,26,27). The van der Waals surface area contributed by atoms with Gasteiger partial charge in [0, 0.05) is 11.0 Å². The van der Waals surface area contributed by atoms with E-state index in [1.54, 1.807) is 0 Å². The number of benzene rings is 3. The fourth-order valence-corrected chi connectivity index (χ4v) is 4.53. The predicted octanol–water partition coefficient (Wildman–Crippen LogP) is 5.49. The highest BCUT2D eigenvalue weighted by atomic mass is 79.9. The van der Waals surface area contributed by atoms with Gasteiger partial charge >= 0.3 is 5.97 Å². The van der Waals surface area contributed by atoms with E-state index < -0.39 is 5.97 Å². The third kappa shape index (κ3) is 3.92. The summed E-state index contributed by atoms with van der Waals surface area (Å²) in [7, 11) is 0. The molecule has 4 rings (SSSR count). The van der Waals surface area contributed by atoms with E-state index in [4.69, 9.17) is 0 Å². The molecular weight excluding hydrogens is 402 g/mol. The second-order valence-corrected chi connectivity index (χ2v) is 8.15. The van der Waals surface area contributed by atoms with Crippen LogP contribution in [0.3, 0.4) is 0 Å². The Hall–Kier alpha value is -2.17. The first-order valence-electron chi connectivity index (χ1n) is 9.33. The van der Waals surface area contributed by atoms with Crippen LogP contribution in [0.4, 0.5) is 0 Å². The van der Waals surface area contributed by atoms with Gasteiger partial charge in [0.15, 0.2) is 0 Å². The summed E-state index contributed by atoms with van der Waals surface area (Å²) in [6.07, 6.45) is 1.67. The molecule has 1 aliphatic rings. The molecule has 1 saturated heterocycles. The fraction of sp³-hybridized carbons (Fsp3) is 0.261. The summed E-state index contributed by atoms with van der Waals surface area (Å²) in [6.45, 7) is 1.49. The number of piperidine rings is 1. The van der Waals surface area contributed by atoms with Crippen molar-refractivity contribution in [2.75, 3.05) is 13.1 Å². The van der Waals surface area contributed by atoms with Gasteiger partial charge < -0.3 is 5.11 Å². The first-order chi connectivity index (χ1) is 13.1. The Morgan fingerprint density at radius 2 is 1.78 bits per heavy atom. The lowest BCUT2D eigenvalue weighted by Crippen LogP contribution is -2.41. The van der Waals surface area contributed by atoms with Crippen LogP contribution in [-0.4, -0.2) is 29.1 Å². The molecule has 0 saturated carbocycles. The van der Waals surface area contributed by atoms with E-state index in [1.807, 2.05) is 12.1 Å². The summed E-state index contributed by atoms with van der Waals surface area (Å²) in [4.78, 5) is 13.9. The molecule has 1 aliphatic heterocycles. The average molecular weight is 424 g/mol. The summed E-state index contributed by atoms with van der Waals surface area (Å²) < 4.78 is 1.04. The highest BCUT2D eigenvalue weighted by Crippen LogP contribution is 2.35. The van der Waals surface area contributed by atoms with Gasteiger partial charge in [0.25, 0.3) is 0 Å². The Labute approximate surface area is 167 Å². The summed E-state index contributed by atoms with van der Waals surface area (Å²) in [6, 6.07) is 23.3. The van der Waals surface area contributed by atoms with Crippen molar-refractivity contribution in [1.82, 2.24) is 4.90 Å². The number of hydrogen-bond donors (Lipinski definition) is 1. The minimum atomic E-state index is -0.689. The van der Waals surface area contributed by atoms with E-state index in [9.17, 15) is 9.90 Å². The van der Waals surface area contributed by atoms with Gasteiger partial charge in [-0.1, -0.05) is 64.5 Å². The SMILES string of the molecule is O=C(O)C1CCCN(C(c2cccc(Br)c2)c2ccc3ccccc3c2)C1. The number of nitrogens with zero attached hydrogens (tertiary/aromatic N) is 1. The molecule has 2 unspecified atom stereocenters. The van der Waals surface area contributed by atoms with Gasteiger partial charge in [0.05, 0.1) is 12.0 Å². The van der Waals surface area contributed by atoms with E-state index >= 15 is 0 Å². The van der Waals surface area contributed by atoms with Crippen molar-refractivity contribution in [2.24, 2.45) is 5.92 Å². The second-order valence-electron chi connectivity index (χ2n) is 7.24. The number of likely N-dealkylation sites (tertiary alicyclic amines) is 1. The molecule has 1 heterocycles. The van der Waals surface area contributed by atoms with Crippen LogP contribution in [0.5, 0.6) is 0 Å². The van der Waals surface area contributed by atoms with Gasteiger partial charge in [0.2, 0.25) is 0 Å². The Bertz CT molecular complexity index is 971. The van der Waals surface area contributed by atoms with Gasteiger partial charge in [-0.25, -0.2) is 0 Å². The Kier molecular flexibility index (Phi) is 5.28. The van der Waals surface area contributed by atoms with Crippen molar-refractivity contribution in [3.8, 4) is 0 Å². The van der Waals surface area contributed by atoms with Crippen molar-refractivity contribution in [3.05, 3.63) is 82.3 Å². The molecule has 0 aliphatic carbocycles. The number of carboxylic acids is 1. The molecule has 3 nitrogen and oxygen atoms in total. The molecule has 4 heteroatoms. The topological polar surface area (TPSA) is 40.5 Å². The molecular formula is C23H22BrNO2. The Morgan fingerprint density at radius 1 is 1.00 bits per heavy atom. The lowest BCUT2D eigenvalue weighted by molar-refractivity contribution is -0.143. The largest absolute Gasteiger partial charge is 0.481 e. The molecule has 0 aromatic heterocycles. The van der Waals surface area contributed by atoms with Crippen LogP contribution in [0.25, 0.3) is 10.8 Å². The maximum absolute atomic E-state index is 11.6. The average Bonchev–Trinajstić information content (AvgIpc) is 2.68. The van der Waals surface area contributed by atoms with Gasteiger partial charge in [-0.15, -0.1) is 0 Å². The number of rotatable bonds is 4. The monoisotopic (exact) mass is 423 g/mol. The maximum Gasteiger partial charge on any atom is 0.307 e. The van der Waals surface area contributed by atoms with E-state index in [2.05, 4.69) is 75.4 Å². The summed E-state index contributed by atoms with van der Waals surface area (Å²) in [5.74, 6) is -0.986. The highest BCUT2D eigenvalue weighted by molar-refractivity contribution is 9.10. The van der Waals surface area contributed by atoms with Gasteiger partial charge in [-0.3, -0.25) is 9.69 Å². The van der Waals surface area contributed by atoms with Crippen LogP contribution in [0, 0.1) is 5.92 Å². The number of halogens is 1. The van der Waals surface area contributed by atoms with E-state index in [1.165, 1.54) is 21.9 Å². The number of carbonyl (C=O) groups is 1. The fourth-order valence-electron chi connectivity index (χ4n) is 4.11. The van der Waals surface area contributed by atoms with Crippen molar-refractivity contribution >= 4 is 32.7 Å². The molecule has 0 bridgehead atoms. The molecule has 0 spiro atoms. The van der Waals surface area contributed by atoms with Gasteiger partial charge in [0.1, 0.15) is 0 Å². The molecule has 27 heavy (non-hydrogen) atoms. The molecule has 3 aromatic carbocycles. The first kappa shape index (κ1) is 18.2. The summed E-state index contributed by atoms with van der Waals surface area (Å²) >= 11 is 3.59. The minimum Gasteiger partial charge on any atom is -0.481 e. The molecule has 138 valence electrons. The van der Waals surface area contributed by atoms with Crippen molar-refractivity contribution in [2.45, 2.75) is 18.9 Å². The zero-order chi connectivity index (χ0) is 18.8. The molecule has 1 fully saturated rings. The van der Waals surface area contributed by atoms with Crippen molar-refractivity contribution in [3.63, 3.8) is 0 Å². The van der Waals surface area contributed by atoms with Crippen LogP contribution in [0.15, 0.2) is 71.2 Å². The number of aliphatic carboxylic acids is 1. The normalized spacial score (nSPS) is 19.1. The number of fused-ring (bicyclic) bond motifs is 1. The zero-order valence-corrected chi connectivity index (χ0v) is 16.6. The zero-order valence-electron chi connectivity index (χ0n) is 15.0. The molecule has 3 aromatic rings. The van der Waals surface area contributed by atoms with E-state index in [0.717, 1.165) is 23.9 Å². The number of carboxylic acid groups (broad SMARTS) is 1. The van der Waals surface area contributed by atoms with Gasteiger partial charge in [-0.2, -0.15) is 0 Å². The molecule has 1 N–H and O–H groups in total. The third-order valence-electron chi connectivity index (χ3n) is 5.42. The summed E-state index contributed by atoms with van der Waals surface area (Å²) in [5, 5.41) is 12.0. The van der Waals surface area contributed by atoms with Crippen molar-refractivity contribution < 1.29 is 9.90 Å². The predicted molar refractivity (Wildman–Crippen MR) is 112 cm³/mol. The highest BCUT2D eigenvalue weighted by Gasteiger charge is 2.31. The lowest BCUT2D eigenvalue weighted by atomic mass is 9.90. The van der Waals surface area contributed by atoms with Crippen LogP contribution < -0.4 is 0 Å². The maximum atomic E-state index is 11.6. The minimum absolute atomic E-state index is 0.0502. The van der Waals surface area contributed by atoms with Crippen LogP contribution in [0.1, 0.15) is 30.0 Å². The number of hydrogen-bond acceptors (Lipinski definition) is 2. The summed E-state index contributed by atoms with van der Waals surface area (Å²) in [5.41, 5.74) is 2.39. The van der Waals surface area contributed by atoms with Crippen molar-refractivity contribution in [1.29, 1.82) is 0 Å². The Balaban J connectivity index is 1.78. The van der Waals surface area contributed by atoms with E-state index in [-0.39, 0.29) is 12.0 Å². The van der Waals surface area contributed by atoms with Gasteiger partial charge in [-0.05, 0) is 59.5 Å². The Morgan fingerprint density at radius 3 is 2.56 bits per heavy atom. The van der Waals surface area contributed by atoms with Crippen LogP contribution in [0.2, 0.25) is 0 Å².